The van der Waals surface area contributed by atoms with E-state index in [0.29, 0.717) is 6.42 Å². The van der Waals surface area contributed by atoms with Crippen LogP contribution in [0.15, 0.2) is 0 Å². The predicted molar refractivity (Wildman–Crippen MR) is 104 cm³/mol. The molecule has 0 aromatic rings. The monoisotopic (exact) mass is 405 g/mol. The molecule has 28 heavy (non-hydrogen) atoms. The molecule has 0 rings (SSSR count). The van der Waals surface area contributed by atoms with Crippen LogP contribution in [0.25, 0.3) is 0 Å². The lowest BCUT2D eigenvalue weighted by Crippen LogP contribution is -2.46. The number of carbonyl (C=O) groups excluding carboxylic acids is 3. The molecule has 1 unspecified atom stereocenters. The number of hydrogen-bond donors (Lipinski definition) is 1. The van der Waals surface area contributed by atoms with Crippen molar-refractivity contribution >= 4 is 18.0 Å². The summed E-state index contributed by atoms with van der Waals surface area (Å²) in [6.45, 7) is 11.7. The Balaban J connectivity index is 5.17. The largest absolute Gasteiger partial charge is 0.466 e. The molecule has 7 nitrogen and oxygen atoms in total. The minimum absolute atomic E-state index is 0.143. The average Bonchev–Trinajstić information content (AvgIpc) is 2.50. The predicted octanol–water partition coefficient (Wildman–Crippen LogP) is 3.93. The molecule has 1 N–H and O–H groups in total. The smallest absolute Gasteiger partial charge is 0.408 e. The van der Waals surface area contributed by atoms with E-state index in [0.717, 1.165) is 0 Å². The van der Waals surface area contributed by atoms with E-state index in [-0.39, 0.29) is 25.9 Å². The van der Waals surface area contributed by atoms with E-state index < -0.39 is 47.9 Å². The Morgan fingerprint density at radius 1 is 0.893 bits per heavy atom. The molecule has 0 bridgehead atoms. The zero-order chi connectivity index (χ0) is 22.0. The maximum Gasteiger partial charge on any atom is 0.408 e. The maximum atomic E-state index is 12.5. The summed E-state index contributed by atoms with van der Waals surface area (Å²) in [4.78, 5) is 36.7. The fourth-order valence-electron chi connectivity index (χ4n) is 2.40. The van der Waals surface area contributed by atoms with Gasteiger partial charge in [-0.3, -0.25) is 9.18 Å². The lowest BCUT2D eigenvalue weighted by molar-refractivity contribution is -0.158. The van der Waals surface area contributed by atoms with Crippen molar-refractivity contribution in [2.45, 2.75) is 91.4 Å². The number of alkyl halides is 1. The van der Waals surface area contributed by atoms with Gasteiger partial charge in [0.05, 0.1) is 19.2 Å². The van der Waals surface area contributed by atoms with Crippen molar-refractivity contribution < 1.29 is 33.0 Å². The summed E-state index contributed by atoms with van der Waals surface area (Å²) in [5, 5.41) is 2.52. The van der Waals surface area contributed by atoms with Crippen molar-refractivity contribution in [1.82, 2.24) is 5.32 Å². The molecule has 0 aromatic heterocycles. The summed E-state index contributed by atoms with van der Waals surface area (Å²) in [5.41, 5.74) is -1.46. The molecule has 0 saturated carbocycles. The van der Waals surface area contributed by atoms with Crippen LogP contribution in [0.1, 0.15) is 74.1 Å². The van der Waals surface area contributed by atoms with E-state index in [1.165, 1.54) is 0 Å². The highest BCUT2D eigenvalue weighted by atomic mass is 19.1. The molecule has 0 aliphatic heterocycles. The van der Waals surface area contributed by atoms with Gasteiger partial charge in [0.1, 0.15) is 17.2 Å². The molecule has 0 radical (unpaired) electrons. The van der Waals surface area contributed by atoms with Crippen LogP contribution in [0.3, 0.4) is 0 Å². The molecule has 0 fully saturated rings. The molecule has 0 saturated heterocycles. The van der Waals surface area contributed by atoms with Gasteiger partial charge in [-0.15, -0.1) is 0 Å². The van der Waals surface area contributed by atoms with E-state index in [4.69, 9.17) is 14.2 Å². The topological polar surface area (TPSA) is 90.9 Å². The second-order valence-corrected chi connectivity index (χ2v) is 8.59. The number of nitrogens with one attached hydrogen (secondary N) is 1. The van der Waals surface area contributed by atoms with Gasteiger partial charge in [-0.05, 0) is 74.1 Å². The number of alkyl carbamates (subject to hydrolysis) is 1. The van der Waals surface area contributed by atoms with Gasteiger partial charge >= 0.3 is 18.0 Å². The van der Waals surface area contributed by atoms with E-state index in [2.05, 4.69) is 5.32 Å². The van der Waals surface area contributed by atoms with Crippen LogP contribution in [0.4, 0.5) is 9.18 Å². The molecular formula is C20H36FNO6. The van der Waals surface area contributed by atoms with Crippen molar-refractivity contribution in [3.05, 3.63) is 0 Å². The summed E-state index contributed by atoms with van der Waals surface area (Å²) < 4.78 is 28.2. The molecule has 0 heterocycles. The first-order chi connectivity index (χ1) is 12.8. The van der Waals surface area contributed by atoms with Crippen molar-refractivity contribution in [3.8, 4) is 0 Å². The van der Waals surface area contributed by atoms with Gasteiger partial charge in [0, 0.05) is 0 Å². The highest BCUT2D eigenvalue weighted by Crippen LogP contribution is 2.19. The van der Waals surface area contributed by atoms with Gasteiger partial charge in [-0.1, -0.05) is 0 Å². The minimum Gasteiger partial charge on any atom is -0.466 e. The number of hydrogen-bond acceptors (Lipinski definition) is 6. The number of esters is 2. The fraction of sp³-hybridized carbons (Fsp3) is 0.850. The average molecular weight is 406 g/mol. The number of rotatable bonds is 10. The second kappa shape index (κ2) is 11.9. The lowest BCUT2D eigenvalue weighted by Gasteiger charge is -2.27. The summed E-state index contributed by atoms with van der Waals surface area (Å²) in [6.07, 6.45) is 0.172. The number of amides is 1. The van der Waals surface area contributed by atoms with Crippen LogP contribution < -0.4 is 5.32 Å². The normalized spacial score (nSPS) is 14.0. The quantitative estimate of drug-likeness (QED) is 0.437. The molecular weight excluding hydrogens is 369 g/mol. The third-order valence-electron chi connectivity index (χ3n) is 3.49. The first-order valence-corrected chi connectivity index (χ1v) is 9.74. The Morgan fingerprint density at radius 3 is 1.93 bits per heavy atom. The zero-order valence-electron chi connectivity index (χ0n) is 18.2. The highest BCUT2D eigenvalue weighted by Gasteiger charge is 2.30. The van der Waals surface area contributed by atoms with E-state index >= 15 is 0 Å². The second-order valence-electron chi connectivity index (χ2n) is 8.59. The fourth-order valence-corrected chi connectivity index (χ4v) is 2.40. The summed E-state index contributed by atoms with van der Waals surface area (Å²) in [6, 6.07) is -0.989. The molecule has 0 aliphatic rings. The third kappa shape index (κ3) is 12.5. The van der Waals surface area contributed by atoms with E-state index in [9.17, 15) is 18.8 Å². The Kier molecular flexibility index (Phi) is 11.1. The van der Waals surface area contributed by atoms with Crippen molar-refractivity contribution in [3.63, 3.8) is 0 Å². The number of ether oxygens (including phenoxy) is 3. The standard InChI is InChI=1S/C20H36FNO6/c1-8-26-16(23)14(10-9-13-21)11-12-15(17(24)27-19(2,3)4)22-18(25)28-20(5,6)7/h14-15H,8-13H2,1-7H3,(H,22,25)/t14?,15-/m0/s1. The van der Waals surface area contributed by atoms with Crippen LogP contribution in [0.5, 0.6) is 0 Å². The Morgan fingerprint density at radius 2 is 1.46 bits per heavy atom. The lowest BCUT2D eigenvalue weighted by atomic mass is 9.95. The van der Waals surface area contributed by atoms with Gasteiger partial charge in [0.15, 0.2) is 0 Å². The first-order valence-electron chi connectivity index (χ1n) is 9.74. The van der Waals surface area contributed by atoms with Crippen LogP contribution in [-0.4, -0.2) is 48.6 Å². The Labute approximate surface area is 167 Å². The van der Waals surface area contributed by atoms with Gasteiger partial charge < -0.3 is 19.5 Å². The SMILES string of the molecule is CCOC(=O)C(CCCF)CC[C@H](NC(=O)OC(C)(C)C)C(=O)OC(C)(C)C. The van der Waals surface area contributed by atoms with Crippen molar-refractivity contribution in [2.75, 3.05) is 13.3 Å². The molecule has 8 heteroatoms. The van der Waals surface area contributed by atoms with Crippen LogP contribution in [0, 0.1) is 5.92 Å². The van der Waals surface area contributed by atoms with Gasteiger partial charge in [-0.2, -0.15) is 0 Å². The van der Waals surface area contributed by atoms with Crippen LogP contribution in [0.2, 0.25) is 0 Å². The molecule has 0 aromatic carbocycles. The van der Waals surface area contributed by atoms with Gasteiger partial charge in [0.2, 0.25) is 0 Å². The minimum atomic E-state index is -0.989. The van der Waals surface area contributed by atoms with Gasteiger partial charge in [-0.25, -0.2) is 9.59 Å². The van der Waals surface area contributed by atoms with Crippen molar-refractivity contribution in [2.24, 2.45) is 5.92 Å². The van der Waals surface area contributed by atoms with Crippen LogP contribution in [-0.2, 0) is 23.8 Å². The van der Waals surface area contributed by atoms with E-state index in [1.807, 2.05) is 0 Å². The zero-order valence-corrected chi connectivity index (χ0v) is 18.2. The summed E-state index contributed by atoms with van der Waals surface area (Å²) >= 11 is 0. The van der Waals surface area contributed by atoms with Crippen molar-refractivity contribution in [1.29, 1.82) is 0 Å². The maximum absolute atomic E-state index is 12.5. The molecule has 2 atom stereocenters. The molecule has 0 aliphatic carbocycles. The molecule has 164 valence electrons. The Bertz CT molecular complexity index is 510. The molecule has 1 amide bonds. The van der Waals surface area contributed by atoms with E-state index in [1.54, 1.807) is 48.5 Å². The summed E-state index contributed by atoms with van der Waals surface area (Å²) in [5.74, 6) is -1.61. The van der Waals surface area contributed by atoms with Gasteiger partial charge in [0.25, 0.3) is 0 Å². The summed E-state index contributed by atoms with van der Waals surface area (Å²) in [7, 11) is 0. The number of halogens is 1. The Hall–Kier alpha value is -1.86. The first kappa shape index (κ1) is 26.1. The highest BCUT2D eigenvalue weighted by molar-refractivity contribution is 5.81. The number of carbonyl (C=O) groups is 3. The van der Waals surface area contributed by atoms with Crippen LogP contribution >= 0.6 is 0 Å². The third-order valence-corrected chi connectivity index (χ3v) is 3.49. The molecule has 0 spiro atoms.